The molecule has 154 valence electrons. The molecule has 1 fully saturated rings. The molecule has 11 nitrogen and oxygen atoms in total. The molecule has 3 aromatic rings. The molecule has 4 rings (SSSR count). The van der Waals surface area contributed by atoms with Gasteiger partial charge in [0.05, 0.1) is 18.9 Å². The minimum absolute atomic E-state index is 0.343. The van der Waals surface area contributed by atoms with Crippen molar-refractivity contribution in [1.29, 1.82) is 0 Å². The van der Waals surface area contributed by atoms with E-state index in [1.54, 1.807) is 12.1 Å². The van der Waals surface area contributed by atoms with Gasteiger partial charge >= 0.3 is 10.2 Å². The second-order valence-corrected chi connectivity index (χ2v) is 8.59. The maximum atomic E-state index is 12.3. The smallest absolute Gasteiger partial charge is 0.301 e. The summed E-state index contributed by atoms with van der Waals surface area (Å²) >= 11 is 0. The van der Waals surface area contributed by atoms with Gasteiger partial charge in [-0.3, -0.25) is 4.72 Å². The van der Waals surface area contributed by atoms with Gasteiger partial charge in [-0.1, -0.05) is 0 Å². The van der Waals surface area contributed by atoms with Crippen LogP contribution in [0.1, 0.15) is 0 Å². The Bertz CT molecular complexity index is 1110. The molecule has 1 aliphatic rings. The van der Waals surface area contributed by atoms with Crippen molar-refractivity contribution in [3.63, 3.8) is 0 Å². The zero-order valence-corrected chi connectivity index (χ0v) is 16.9. The van der Waals surface area contributed by atoms with Crippen LogP contribution in [0.4, 0.5) is 23.0 Å². The Morgan fingerprint density at radius 1 is 1.10 bits per heavy atom. The van der Waals surface area contributed by atoms with Gasteiger partial charge in [0, 0.05) is 32.9 Å². The average molecular weight is 418 g/mol. The number of rotatable bonds is 6. The number of ether oxygens (including phenoxy) is 1. The largest absolute Gasteiger partial charge is 0.378 e. The molecule has 0 radical (unpaired) electrons. The van der Waals surface area contributed by atoms with Gasteiger partial charge < -0.3 is 15.0 Å². The molecule has 1 aromatic carbocycles. The molecule has 3 heterocycles. The Labute approximate surface area is 168 Å². The van der Waals surface area contributed by atoms with E-state index in [4.69, 9.17) is 4.74 Å². The third-order valence-electron chi connectivity index (χ3n) is 4.51. The summed E-state index contributed by atoms with van der Waals surface area (Å²) in [6, 6.07) is 8.96. The molecule has 1 aliphatic heterocycles. The molecule has 0 bridgehead atoms. The van der Waals surface area contributed by atoms with Crippen LogP contribution < -0.4 is 14.9 Å². The van der Waals surface area contributed by atoms with E-state index in [0.717, 1.165) is 28.7 Å². The Morgan fingerprint density at radius 2 is 1.86 bits per heavy atom. The highest BCUT2D eigenvalue weighted by Gasteiger charge is 2.19. The summed E-state index contributed by atoms with van der Waals surface area (Å²) in [6.45, 7) is 2.70. The number of benzene rings is 1. The molecule has 3 N–H and O–H groups in total. The fraction of sp³-hybridized carbons (Fsp3) is 0.353. The Morgan fingerprint density at radius 3 is 2.62 bits per heavy atom. The third-order valence-corrected chi connectivity index (χ3v) is 5.95. The van der Waals surface area contributed by atoms with E-state index in [1.165, 1.54) is 14.1 Å². The number of aromatic nitrogens is 4. The van der Waals surface area contributed by atoms with Crippen LogP contribution in [-0.2, 0) is 14.9 Å². The first kappa shape index (κ1) is 19.4. The molecular weight excluding hydrogens is 396 g/mol. The topological polar surface area (TPSA) is 128 Å². The Kier molecular flexibility index (Phi) is 5.22. The number of pyridine rings is 1. The van der Waals surface area contributed by atoms with Crippen molar-refractivity contribution in [3.8, 4) is 0 Å². The van der Waals surface area contributed by atoms with Crippen molar-refractivity contribution >= 4 is 44.3 Å². The van der Waals surface area contributed by atoms with Gasteiger partial charge in [-0.25, -0.2) is 4.98 Å². The van der Waals surface area contributed by atoms with Crippen LogP contribution in [0, 0.1) is 0 Å². The van der Waals surface area contributed by atoms with Crippen molar-refractivity contribution in [2.75, 3.05) is 55.3 Å². The Hall–Kier alpha value is -2.96. The molecular formula is C17H22N8O3S. The van der Waals surface area contributed by atoms with Gasteiger partial charge in [-0.15, -0.1) is 0 Å². The monoisotopic (exact) mass is 418 g/mol. The van der Waals surface area contributed by atoms with E-state index in [-0.39, 0.29) is 0 Å². The lowest BCUT2D eigenvalue weighted by Crippen LogP contribution is -2.36. The van der Waals surface area contributed by atoms with Crippen molar-refractivity contribution in [2.24, 2.45) is 0 Å². The molecule has 0 unspecified atom stereocenters. The molecule has 0 atom stereocenters. The van der Waals surface area contributed by atoms with Crippen LogP contribution >= 0.6 is 0 Å². The first-order chi connectivity index (χ1) is 13.9. The molecule has 0 spiro atoms. The number of morpholine rings is 1. The van der Waals surface area contributed by atoms with Gasteiger partial charge in [0.2, 0.25) is 0 Å². The average Bonchev–Trinajstić information content (AvgIpc) is 3.17. The van der Waals surface area contributed by atoms with Gasteiger partial charge in [0.15, 0.2) is 5.82 Å². The summed E-state index contributed by atoms with van der Waals surface area (Å²) in [5.41, 5.74) is 2.48. The van der Waals surface area contributed by atoms with Crippen LogP contribution in [0.3, 0.4) is 0 Å². The first-order valence-corrected chi connectivity index (χ1v) is 10.5. The van der Waals surface area contributed by atoms with Crippen molar-refractivity contribution < 1.29 is 13.2 Å². The molecule has 12 heteroatoms. The van der Waals surface area contributed by atoms with Crippen LogP contribution in [0.2, 0.25) is 0 Å². The van der Waals surface area contributed by atoms with Crippen LogP contribution in [0.25, 0.3) is 11.0 Å². The summed E-state index contributed by atoms with van der Waals surface area (Å²) in [7, 11) is -0.764. The number of nitrogens with zero attached hydrogens (tertiary/aromatic N) is 5. The van der Waals surface area contributed by atoms with Gasteiger partial charge in [-0.2, -0.15) is 28.1 Å². The lowest BCUT2D eigenvalue weighted by atomic mass is 10.2. The van der Waals surface area contributed by atoms with Crippen LogP contribution in [0.5, 0.6) is 0 Å². The van der Waals surface area contributed by atoms with E-state index in [2.05, 4.69) is 35.3 Å². The number of anilines is 4. The normalized spacial score (nSPS) is 15.1. The fourth-order valence-electron chi connectivity index (χ4n) is 2.88. The van der Waals surface area contributed by atoms with Crippen molar-refractivity contribution in [1.82, 2.24) is 24.7 Å². The Balaban J connectivity index is 1.69. The van der Waals surface area contributed by atoms with E-state index in [0.29, 0.717) is 35.9 Å². The molecule has 0 amide bonds. The lowest BCUT2D eigenvalue weighted by molar-refractivity contribution is 0.122. The third kappa shape index (κ3) is 4.23. The van der Waals surface area contributed by atoms with Gasteiger partial charge in [0.1, 0.15) is 16.9 Å². The van der Waals surface area contributed by atoms with E-state index >= 15 is 0 Å². The fourth-order valence-corrected chi connectivity index (χ4v) is 3.51. The minimum Gasteiger partial charge on any atom is -0.378 e. The lowest BCUT2D eigenvalue weighted by Gasteiger charge is -2.28. The van der Waals surface area contributed by atoms with Crippen molar-refractivity contribution in [2.45, 2.75) is 0 Å². The maximum Gasteiger partial charge on any atom is 0.301 e. The van der Waals surface area contributed by atoms with Gasteiger partial charge in [0.25, 0.3) is 0 Å². The molecule has 0 saturated carbocycles. The predicted octanol–water partition coefficient (Wildman–Crippen LogP) is 1.15. The SMILES string of the molecule is CN(C)S(=O)(=O)Nc1ccc(N2CCOCC2)nc1Nc1ccc2n[nH]nc2c1. The predicted molar refractivity (Wildman–Crippen MR) is 111 cm³/mol. The summed E-state index contributed by atoms with van der Waals surface area (Å²) in [6.07, 6.45) is 0. The number of H-pyrrole nitrogens is 1. The second-order valence-electron chi connectivity index (χ2n) is 6.71. The van der Waals surface area contributed by atoms with E-state index in [9.17, 15) is 8.42 Å². The zero-order valence-electron chi connectivity index (χ0n) is 16.1. The summed E-state index contributed by atoms with van der Waals surface area (Å²) < 4.78 is 33.8. The quantitative estimate of drug-likeness (QED) is 0.544. The highest BCUT2D eigenvalue weighted by Crippen LogP contribution is 2.29. The van der Waals surface area contributed by atoms with E-state index < -0.39 is 10.2 Å². The number of hydrogen-bond acceptors (Lipinski definition) is 8. The number of hydrogen-bond donors (Lipinski definition) is 3. The van der Waals surface area contributed by atoms with Crippen LogP contribution in [0.15, 0.2) is 30.3 Å². The van der Waals surface area contributed by atoms with Crippen LogP contribution in [-0.4, -0.2) is 73.5 Å². The number of nitrogens with one attached hydrogen (secondary N) is 3. The highest BCUT2D eigenvalue weighted by atomic mass is 32.2. The second kappa shape index (κ2) is 7.81. The minimum atomic E-state index is -3.69. The maximum absolute atomic E-state index is 12.3. The van der Waals surface area contributed by atoms with Gasteiger partial charge in [-0.05, 0) is 30.3 Å². The summed E-state index contributed by atoms with van der Waals surface area (Å²) in [4.78, 5) is 6.77. The van der Waals surface area contributed by atoms with Crippen molar-refractivity contribution in [3.05, 3.63) is 30.3 Å². The molecule has 0 aliphatic carbocycles. The standard InChI is InChI=1S/C17H22N8O3S/c1-24(2)29(26,27)22-14-5-6-16(25-7-9-28-10-8-25)19-17(14)18-12-3-4-13-15(11-12)21-23-20-13/h3-6,11,22H,7-10H2,1-2H3,(H,18,19)(H,20,21,23). The molecule has 29 heavy (non-hydrogen) atoms. The number of fused-ring (bicyclic) bond motifs is 1. The zero-order chi connectivity index (χ0) is 20.4. The molecule has 1 saturated heterocycles. The first-order valence-electron chi connectivity index (χ1n) is 9.04. The highest BCUT2D eigenvalue weighted by molar-refractivity contribution is 7.90. The summed E-state index contributed by atoms with van der Waals surface area (Å²) in [5, 5.41) is 13.9. The van der Waals surface area contributed by atoms with E-state index in [1.807, 2.05) is 18.2 Å². The summed E-state index contributed by atoms with van der Waals surface area (Å²) in [5.74, 6) is 1.13. The number of aromatic amines is 1. The molecule has 2 aromatic heterocycles.